The van der Waals surface area contributed by atoms with E-state index >= 15 is 0 Å². The van der Waals surface area contributed by atoms with Crippen LogP contribution in [0.4, 0.5) is 8.78 Å². The monoisotopic (exact) mass is 393 g/mol. The molecule has 29 heavy (non-hydrogen) atoms. The van der Waals surface area contributed by atoms with Crippen molar-refractivity contribution in [1.29, 1.82) is 0 Å². The van der Waals surface area contributed by atoms with Crippen molar-refractivity contribution in [3.63, 3.8) is 0 Å². The highest BCUT2D eigenvalue weighted by Crippen LogP contribution is 2.50. The van der Waals surface area contributed by atoms with Crippen molar-refractivity contribution >= 4 is 5.71 Å². The summed E-state index contributed by atoms with van der Waals surface area (Å²) in [5.41, 5.74) is 3.18. The minimum Gasteiger partial charge on any atom is -0.493 e. The lowest BCUT2D eigenvalue weighted by Crippen LogP contribution is -2.34. The fourth-order valence-electron chi connectivity index (χ4n) is 3.84. The van der Waals surface area contributed by atoms with Gasteiger partial charge >= 0.3 is 0 Å². The number of fused-ring (bicyclic) bond motifs is 3. The Morgan fingerprint density at radius 3 is 2.76 bits per heavy atom. The van der Waals surface area contributed by atoms with Crippen LogP contribution in [0, 0.1) is 11.6 Å². The summed E-state index contributed by atoms with van der Waals surface area (Å²) >= 11 is 0. The van der Waals surface area contributed by atoms with E-state index in [0.29, 0.717) is 23.5 Å². The lowest BCUT2D eigenvalue weighted by molar-refractivity contribution is -0.0211. The topological polar surface area (TPSA) is 47.0 Å². The third-order valence-corrected chi connectivity index (χ3v) is 5.22. The van der Waals surface area contributed by atoms with Crippen LogP contribution in [0.1, 0.15) is 35.4 Å². The van der Waals surface area contributed by atoms with Gasteiger partial charge in [0.25, 0.3) is 0 Å². The fraction of sp³-hybridized carbons (Fsp3) is 0.182. The molecule has 0 radical (unpaired) electrons. The van der Waals surface area contributed by atoms with Crippen LogP contribution in [0.5, 0.6) is 11.5 Å². The third-order valence-electron chi connectivity index (χ3n) is 5.22. The largest absolute Gasteiger partial charge is 0.493 e. The van der Waals surface area contributed by atoms with Crippen LogP contribution < -0.4 is 9.47 Å². The van der Waals surface area contributed by atoms with Crippen molar-refractivity contribution in [3.8, 4) is 11.5 Å². The summed E-state index contributed by atoms with van der Waals surface area (Å²) in [6.07, 6.45) is 3.39. The molecule has 0 bridgehead atoms. The Morgan fingerprint density at radius 1 is 1.10 bits per heavy atom. The molecule has 0 unspecified atom stereocenters. The standard InChI is InChI=1S/C22H17F2N3O2/c1-28-20-6-2-5-15-19-11-18(14-4-3-9-25-12-14)26-27(19)22(29-21(15)20)13-7-8-16(23)17(24)10-13/h2-10,12,19,22H,11H2,1H3/t19-,22-/m0/s1. The maximum Gasteiger partial charge on any atom is 0.214 e. The van der Waals surface area contributed by atoms with Crippen LogP contribution in [0.25, 0.3) is 0 Å². The molecular weight excluding hydrogens is 376 g/mol. The molecule has 0 amide bonds. The molecule has 0 N–H and O–H groups in total. The van der Waals surface area contributed by atoms with E-state index in [4.69, 9.17) is 14.6 Å². The average Bonchev–Trinajstić information content (AvgIpc) is 3.21. The van der Waals surface area contributed by atoms with Crippen molar-refractivity contribution in [3.05, 3.63) is 89.2 Å². The molecule has 2 aliphatic heterocycles. The second kappa shape index (κ2) is 6.84. The van der Waals surface area contributed by atoms with Gasteiger partial charge in [-0.1, -0.05) is 24.3 Å². The summed E-state index contributed by atoms with van der Waals surface area (Å²) in [5.74, 6) is -0.651. The van der Waals surface area contributed by atoms with Gasteiger partial charge in [0.2, 0.25) is 6.23 Å². The lowest BCUT2D eigenvalue weighted by Gasteiger charge is -2.38. The van der Waals surface area contributed by atoms with Crippen LogP contribution in [-0.4, -0.2) is 22.8 Å². The smallest absolute Gasteiger partial charge is 0.214 e. The Hall–Kier alpha value is -3.48. The van der Waals surface area contributed by atoms with E-state index in [-0.39, 0.29) is 6.04 Å². The van der Waals surface area contributed by atoms with Crippen LogP contribution in [-0.2, 0) is 0 Å². The molecule has 2 atom stereocenters. The van der Waals surface area contributed by atoms with Crippen molar-refractivity contribution < 1.29 is 18.3 Å². The minimum absolute atomic E-state index is 0.123. The number of hydrogen-bond acceptors (Lipinski definition) is 5. The molecule has 146 valence electrons. The number of aromatic nitrogens is 1. The zero-order valence-corrected chi connectivity index (χ0v) is 15.5. The summed E-state index contributed by atoms with van der Waals surface area (Å²) in [6.45, 7) is 0. The molecule has 5 rings (SSSR count). The number of rotatable bonds is 3. The molecule has 0 saturated heterocycles. The van der Waals surface area contributed by atoms with Gasteiger partial charge < -0.3 is 9.47 Å². The molecule has 3 heterocycles. The molecule has 0 saturated carbocycles. The van der Waals surface area contributed by atoms with E-state index < -0.39 is 17.9 Å². The second-order valence-corrected chi connectivity index (χ2v) is 6.91. The predicted octanol–water partition coefficient (Wildman–Crippen LogP) is 4.61. The number of pyridine rings is 1. The highest BCUT2D eigenvalue weighted by atomic mass is 19.2. The number of para-hydroxylation sites is 1. The number of hydrazone groups is 1. The van der Waals surface area contributed by atoms with E-state index in [2.05, 4.69) is 4.98 Å². The maximum atomic E-state index is 13.9. The van der Waals surface area contributed by atoms with Crippen molar-refractivity contribution in [2.75, 3.05) is 7.11 Å². The number of benzene rings is 2. The third kappa shape index (κ3) is 2.90. The van der Waals surface area contributed by atoms with Gasteiger partial charge in [0.1, 0.15) is 0 Å². The molecule has 0 aliphatic carbocycles. The van der Waals surface area contributed by atoms with Gasteiger partial charge in [-0.3, -0.25) is 4.98 Å². The first-order chi connectivity index (χ1) is 14.2. The fourth-order valence-corrected chi connectivity index (χ4v) is 3.84. The Kier molecular flexibility index (Phi) is 4.16. The van der Waals surface area contributed by atoms with Gasteiger partial charge in [-0.15, -0.1) is 0 Å². The van der Waals surface area contributed by atoms with Gasteiger partial charge in [0.15, 0.2) is 23.1 Å². The number of nitrogens with zero attached hydrogens (tertiary/aromatic N) is 3. The van der Waals surface area contributed by atoms with Gasteiger partial charge in [0.05, 0.1) is 18.9 Å². The number of halogens is 2. The van der Waals surface area contributed by atoms with E-state index in [1.54, 1.807) is 24.5 Å². The summed E-state index contributed by atoms with van der Waals surface area (Å²) in [4.78, 5) is 4.17. The molecule has 2 aromatic carbocycles. The van der Waals surface area contributed by atoms with Crippen molar-refractivity contribution in [2.45, 2.75) is 18.7 Å². The zero-order chi connectivity index (χ0) is 20.0. The predicted molar refractivity (Wildman–Crippen MR) is 103 cm³/mol. The highest BCUT2D eigenvalue weighted by Gasteiger charge is 2.42. The first-order valence-corrected chi connectivity index (χ1v) is 9.20. The van der Waals surface area contributed by atoms with Crippen molar-refractivity contribution in [1.82, 2.24) is 9.99 Å². The number of hydrogen-bond donors (Lipinski definition) is 0. The normalized spacial score (nSPS) is 19.8. The quantitative estimate of drug-likeness (QED) is 0.652. The second-order valence-electron chi connectivity index (χ2n) is 6.91. The number of methoxy groups -OCH3 is 1. The van der Waals surface area contributed by atoms with Gasteiger partial charge in [0, 0.05) is 35.5 Å². The van der Waals surface area contributed by atoms with Crippen LogP contribution >= 0.6 is 0 Å². The Bertz CT molecular complexity index is 1100. The van der Waals surface area contributed by atoms with Crippen LogP contribution in [0.3, 0.4) is 0 Å². The maximum absolute atomic E-state index is 13.9. The molecule has 0 spiro atoms. The minimum atomic E-state index is -0.927. The molecule has 2 aliphatic rings. The molecule has 0 fully saturated rings. The van der Waals surface area contributed by atoms with E-state index in [0.717, 1.165) is 29.0 Å². The van der Waals surface area contributed by atoms with Gasteiger partial charge in [-0.25, -0.2) is 13.8 Å². The summed E-state index contributed by atoms with van der Waals surface area (Å²) < 4.78 is 39.1. The first kappa shape index (κ1) is 17.6. The molecular formula is C22H17F2N3O2. The molecule has 7 heteroatoms. The zero-order valence-electron chi connectivity index (χ0n) is 15.5. The molecule has 5 nitrogen and oxygen atoms in total. The van der Waals surface area contributed by atoms with Crippen LogP contribution in [0.15, 0.2) is 66.0 Å². The molecule has 3 aromatic rings. The first-order valence-electron chi connectivity index (χ1n) is 9.20. The highest BCUT2D eigenvalue weighted by molar-refractivity contribution is 6.01. The summed E-state index contributed by atoms with van der Waals surface area (Å²) in [6, 6.07) is 13.1. The van der Waals surface area contributed by atoms with E-state index in [1.807, 2.05) is 30.3 Å². The Morgan fingerprint density at radius 2 is 2.00 bits per heavy atom. The molecule has 1 aromatic heterocycles. The van der Waals surface area contributed by atoms with Crippen LogP contribution in [0.2, 0.25) is 0 Å². The van der Waals surface area contributed by atoms with Gasteiger partial charge in [-0.2, -0.15) is 5.10 Å². The van der Waals surface area contributed by atoms with Gasteiger partial charge in [-0.05, 0) is 24.3 Å². The Labute approximate surface area is 166 Å². The summed E-state index contributed by atoms with van der Waals surface area (Å²) in [7, 11) is 1.57. The summed E-state index contributed by atoms with van der Waals surface area (Å²) in [5, 5.41) is 6.57. The van der Waals surface area contributed by atoms with Crippen molar-refractivity contribution in [2.24, 2.45) is 5.10 Å². The Balaban J connectivity index is 1.64. The average molecular weight is 393 g/mol. The lowest BCUT2D eigenvalue weighted by atomic mass is 9.96. The number of ether oxygens (including phenoxy) is 2. The van der Waals surface area contributed by atoms with E-state index in [1.165, 1.54) is 6.07 Å². The SMILES string of the molecule is COc1cccc2c1O[C@@H](c1ccc(F)c(F)c1)N1N=C(c3cccnc3)C[C@@H]21. The van der Waals surface area contributed by atoms with E-state index in [9.17, 15) is 8.78 Å².